The van der Waals surface area contributed by atoms with Crippen LogP contribution in [-0.4, -0.2) is 35.2 Å². The predicted molar refractivity (Wildman–Crippen MR) is 76.4 cm³/mol. The molecule has 0 aromatic carbocycles. The number of piperidine rings is 1. The maximum absolute atomic E-state index is 5.88. The molecular weight excluding hydrogens is 240 g/mol. The van der Waals surface area contributed by atoms with Crippen LogP contribution in [0.3, 0.4) is 0 Å². The van der Waals surface area contributed by atoms with E-state index in [1.54, 1.807) is 12.3 Å². The van der Waals surface area contributed by atoms with Crippen molar-refractivity contribution >= 4 is 5.95 Å². The molecule has 1 aromatic heterocycles. The van der Waals surface area contributed by atoms with Gasteiger partial charge >= 0.3 is 0 Å². The molecule has 1 aliphatic rings. The van der Waals surface area contributed by atoms with Crippen molar-refractivity contribution in [2.24, 2.45) is 11.7 Å². The Morgan fingerprint density at radius 2 is 2.32 bits per heavy atom. The molecule has 0 amide bonds. The van der Waals surface area contributed by atoms with Gasteiger partial charge in [0.05, 0.1) is 6.10 Å². The first-order valence-corrected chi connectivity index (χ1v) is 7.06. The lowest BCUT2D eigenvalue weighted by molar-refractivity contribution is 0.232. The monoisotopic (exact) mass is 264 g/mol. The molecule has 1 aromatic rings. The Kier molecular flexibility index (Phi) is 4.58. The smallest absolute Gasteiger partial charge is 0.228 e. The highest BCUT2D eigenvalue weighted by Crippen LogP contribution is 2.26. The van der Waals surface area contributed by atoms with Crippen molar-refractivity contribution in [3.63, 3.8) is 0 Å². The van der Waals surface area contributed by atoms with Crippen molar-refractivity contribution in [3.05, 3.63) is 12.3 Å². The Labute approximate surface area is 115 Å². The lowest BCUT2D eigenvalue weighted by Crippen LogP contribution is -2.47. The molecule has 0 aliphatic carbocycles. The molecule has 19 heavy (non-hydrogen) atoms. The maximum Gasteiger partial charge on any atom is 0.228 e. The molecule has 0 saturated carbocycles. The standard InChI is InChI=1S/C14H24N4O/c1-10(2)19-13-4-6-16-14(17-13)18-7-5-11(3)8-12(18)9-15/h4,6,10-12H,5,7-9,15H2,1-3H3. The van der Waals surface area contributed by atoms with Gasteiger partial charge in [0.25, 0.3) is 0 Å². The fourth-order valence-electron chi connectivity index (χ4n) is 2.52. The second-order valence-electron chi connectivity index (χ2n) is 5.57. The molecular formula is C14H24N4O. The van der Waals surface area contributed by atoms with Crippen LogP contribution in [-0.2, 0) is 0 Å². The molecule has 5 nitrogen and oxygen atoms in total. The van der Waals surface area contributed by atoms with Crippen molar-refractivity contribution in [2.45, 2.75) is 45.8 Å². The summed E-state index contributed by atoms with van der Waals surface area (Å²) in [6.07, 6.45) is 4.14. The van der Waals surface area contributed by atoms with E-state index in [1.165, 1.54) is 0 Å². The van der Waals surface area contributed by atoms with E-state index in [0.717, 1.165) is 31.3 Å². The Balaban J connectivity index is 2.15. The number of hydrogen-bond acceptors (Lipinski definition) is 5. The Bertz CT molecular complexity index is 410. The van der Waals surface area contributed by atoms with Crippen LogP contribution in [0.15, 0.2) is 12.3 Å². The first-order valence-electron chi connectivity index (χ1n) is 7.06. The van der Waals surface area contributed by atoms with Gasteiger partial charge in [-0.2, -0.15) is 4.98 Å². The quantitative estimate of drug-likeness (QED) is 0.898. The zero-order valence-electron chi connectivity index (χ0n) is 12.0. The van der Waals surface area contributed by atoms with Crippen LogP contribution in [0.5, 0.6) is 5.88 Å². The van der Waals surface area contributed by atoms with E-state index in [4.69, 9.17) is 10.5 Å². The molecule has 2 N–H and O–H groups in total. The number of ether oxygens (including phenoxy) is 1. The number of nitrogens with two attached hydrogens (primary N) is 1. The van der Waals surface area contributed by atoms with E-state index >= 15 is 0 Å². The third-order valence-electron chi connectivity index (χ3n) is 3.48. The molecule has 5 heteroatoms. The third kappa shape index (κ3) is 3.56. The summed E-state index contributed by atoms with van der Waals surface area (Å²) in [5.41, 5.74) is 5.88. The maximum atomic E-state index is 5.88. The molecule has 0 spiro atoms. The Morgan fingerprint density at radius 3 is 3.00 bits per heavy atom. The average molecular weight is 264 g/mol. The van der Waals surface area contributed by atoms with Gasteiger partial charge in [-0.05, 0) is 32.6 Å². The van der Waals surface area contributed by atoms with E-state index in [0.29, 0.717) is 18.5 Å². The molecule has 106 valence electrons. The van der Waals surface area contributed by atoms with Crippen molar-refractivity contribution in [3.8, 4) is 5.88 Å². The largest absolute Gasteiger partial charge is 0.475 e. The molecule has 1 aliphatic heterocycles. The molecule has 2 unspecified atom stereocenters. The highest BCUT2D eigenvalue weighted by Gasteiger charge is 2.27. The lowest BCUT2D eigenvalue weighted by atomic mass is 9.93. The minimum Gasteiger partial charge on any atom is -0.475 e. The number of anilines is 1. The molecule has 0 radical (unpaired) electrons. The van der Waals surface area contributed by atoms with Crippen LogP contribution in [0.2, 0.25) is 0 Å². The van der Waals surface area contributed by atoms with Crippen LogP contribution in [0.25, 0.3) is 0 Å². The second-order valence-corrected chi connectivity index (χ2v) is 5.57. The minimum atomic E-state index is 0.120. The van der Waals surface area contributed by atoms with Crippen LogP contribution in [0.1, 0.15) is 33.6 Å². The first-order chi connectivity index (χ1) is 9.10. The van der Waals surface area contributed by atoms with E-state index < -0.39 is 0 Å². The fourth-order valence-corrected chi connectivity index (χ4v) is 2.52. The SMILES string of the molecule is CC1CCN(c2nccc(OC(C)C)n2)C(CN)C1. The van der Waals surface area contributed by atoms with Crippen LogP contribution in [0.4, 0.5) is 5.95 Å². The van der Waals surface area contributed by atoms with Gasteiger partial charge in [0, 0.05) is 31.4 Å². The molecule has 2 heterocycles. The van der Waals surface area contributed by atoms with E-state index in [9.17, 15) is 0 Å². The topological polar surface area (TPSA) is 64.3 Å². The summed E-state index contributed by atoms with van der Waals surface area (Å²) in [6.45, 7) is 7.87. The van der Waals surface area contributed by atoms with E-state index in [1.807, 2.05) is 13.8 Å². The molecule has 1 fully saturated rings. The van der Waals surface area contributed by atoms with Crippen molar-refractivity contribution in [1.29, 1.82) is 0 Å². The van der Waals surface area contributed by atoms with Crippen molar-refractivity contribution in [1.82, 2.24) is 9.97 Å². The van der Waals surface area contributed by atoms with Gasteiger partial charge in [0.15, 0.2) is 0 Å². The average Bonchev–Trinajstić information content (AvgIpc) is 2.38. The van der Waals surface area contributed by atoms with E-state index in [-0.39, 0.29) is 6.10 Å². The molecule has 2 rings (SSSR count). The zero-order chi connectivity index (χ0) is 13.8. The summed E-state index contributed by atoms with van der Waals surface area (Å²) >= 11 is 0. The first kappa shape index (κ1) is 14.1. The Hall–Kier alpha value is -1.36. The number of nitrogens with zero attached hydrogens (tertiary/aromatic N) is 3. The third-order valence-corrected chi connectivity index (χ3v) is 3.48. The number of aromatic nitrogens is 2. The zero-order valence-corrected chi connectivity index (χ0v) is 12.0. The fraction of sp³-hybridized carbons (Fsp3) is 0.714. The minimum absolute atomic E-state index is 0.120. The summed E-state index contributed by atoms with van der Waals surface area (Å²) in [6, 6.07) is 2.13. The van der Waals surface area contributed by atoms with Gasteiger partial charge in [-0.15, -0.1) is 0 Å². The summed E-state index contributed by atoms with van der Waals surface area (Å²) in [7, 11) is 0. The van der Waals surface area contributed by atoms with Gasteiger partial charge in [0.1, 0.15) is 0 Å². The van der Waals surface area contributed by atoms with Gasteiger partial charge in [-0.3, -0.25) is 0 Å². The molecule has 1 saturated heterocycles. The van der Waals surface area contributed by atoms with Gasteiger partial charge in [-0.25, -0.2) is 4.98 Å². The normalized spacial score (nSPS) is 23.7. The predicted octanol–water partition coefficient (Wildman–Crippen LogP) is 1.83. The Morgan fingerprint density at radius 1 is 1.53 bits per heavy atom. The van der Waals surface area contributed by atoms with E-state index in [2.05, 4.69) is 21.8 Å². The van der Waals surface area contributed by atoms with Crippen LogP contribution in [0, 0.1) is 5.92 Å². The van der Waals surface area contributed by atoms with Gasteiger partial charge in [-0.1, -0.05) is 6.92 Å². The highest BCUT2D eigenvalue weighted by atomic mass is 16.5. The van der Waals surface area contributed by atoms with Crippen molar-refractivity contribution in [2.75, 3.05) is 18.0 Å². The van der Waals surface area contributed by atoms with Crippen molar-refractivity contribution < 1.29 is 4.74 Å². The summed E-state index contributed by atoms with van der Waals surface area (Å²) < 4.78 is 5.63. The number of rotatable bonds is 4. The highest BCUT2D eigenvalue weighted by molar-refractivity contribution is 5.34. The van der Waals surface area contributed by atoms with Gasteiger partial charge < -0.3 is 15.4 Å². The molecule has 2 atom stereocenters. The lowest BCUT2D eigenvalue weighted by Gasteiger charge is -2.37. The number of hydrogen-bond donors (Lipinski definition) is 1. The van der Waals surface area contributed by atoms with Gasteiger partial charge in [0.2, 0.25) is 11.8 Å². The summed E-state index contributed by atoms with van der Waals surface area (Å²) in [4.78, 5) is 11.1. The van der Waals surface area contributed by atoms with Crippen LogP contribution >= 0.6 is 0 Å². The summed E-state index contributed by atoms with van der Waals surface area (Å²) in [5.74, 6) is 2.09. The van der Waals surface area contributed by atoms with Crippen LogP contribution < -0.4 is 15.4 Å². The second kappa shape index (κ2) is 6.19. The summed E-state index contributed by atoms with van der Waals surface area (Å²) in [5, 5.41) is 0. The molecule has 0 bridgehead atoms.